The van der Waals surface area contributed by atoms with E-state index in [2.05, 4.69) is 16.7 Å². The number of esters is 1. The number of hydrogen-bond donors (Lipinski definition) is 0. The SMILES string of the molecule is COC(=O)c1c(C)cn(Cc2ccccc2)c1C. The molecule has 3 nitrogen and oxygen atoms in total. The van der Waals surface area contributed by atoms with Gasteiger partial charge in [0.25, 0.3) is 0 Å². The van der Waals surface area contributed by atoms with E-state index in [4.69, 9.17) is 4.74 Å². The van der Waals surface area contributed by atoms with Gasteiger partial charge < -0.3 is 9.30 Å². The lowest BCUT2D eigenvalue weighted by atomic mass is 10.2. The topological polar surface area (TPSA) is 31.2 Å². The van der Waals surface area contributed by atoms with Crippen molar-refractivity contribution in [2.75, 3.05) is 7.11 Å². The van der Waals surface area contributed by atoms with Crippen LogP contribution >= 0.6 is 0 Å². The van der Waals surface area contributed by atoms with Crippen molar-refractivity contribution in [2.45, 2.75) is 20.4 Å². The van der Waals surface area contributed by atoms with E-state index in [1.807, 2.05) is 38.2 Å². The average molecular weight is 243 g/mol. The predicted molar refractivity (Wildman–Crippen MR) is 70.8 cm³/mol. The van der Waals surface area contributed by atoms with Crippen LogP contribution in [0.3, 0.4) is 0 Å². The quantitative estimate of drug-likeness (QED) is 0.776. The zero-order valence-corrected chi connectivity index (χ0v) is 10.9. The van der Waals surface area contributed by atoms with Crippen molar-refractivity contribution in [1.29, 1.82) is 0 Å². The first kappa shape index (κ1) is 12.4. The second-order valence-corrected chi connectivity index (χ2v) is 4.38. The fourth-order valence-electron chi connectivity index (χ4n) is 2.18. The Kier molecular flexibility index (Phi) is 3.51. The third kappa shape index (κ3) is 2.30. The Balaban J connectivity index is 2.33. The van der Waals surface area contributed by atoms with Gasteiger partial charge in [-0.3, -0.25) is 0 Å². The number of ether oxygens (including phenoxy) is 1. The molecule has 0 aliphatic rings. The van der Waals surface area contributed by atoms with Crippen LogP contribution in [0.4, 0.5) is 0 Å². The highest BCUT2D eigenvalue weighted by atomic mass is 16.5. The number of methoxy groups -OCH3 is 1. The number of benzene rings is 1. The molecule has 2 aromatic rings. The van der Waals surface area contributed by atoms with E-state index in [1.165, 1.54) is 12.7 Å². The smallest absolute Gasteiger partial charge is 0.339 e. The van der Waals surface area contributed by atoms with Gasteiger partial charge in [-0.25, -0.2) is 4.79 Å². The van der Waals surface area contributed by atoms with Crippen LogP contribution in [0, 0.1) is 13.8 Å². The van der Waals surface area contributed by atoms with E-state index in [0.717, 1.165) is 17.8 Å². The maximum absolute atomic E-state index is 11.7. The molecule has 0 atom stereocenters. The molecule has 18 heavy (non-hydrogen) atoms. The number of hydrogen-bond acceptors (Lipinski definition) is 2. The van der Waals surface area contributed by atoms with Crippen molar-refractivity contribution in [3.05, 3.63) is 58.9 Å². The number of aromatic nitrogens is 1. The first-order chi connectivity index (χ1) is 8.63. The van der Waals surface area contributed by atoms with Crippen molar-refractivity contribution in [3.8, 4) is 0 Å². The fraction of sp³-hybridized carbons (Fsp3) is 0.267. The molecule has 0 bridgehead atoms. The molecule has 2 rings (SSSR count). The molecule has 0 fully saturated rings. The maximum atomic E-state index is 11.7. The molecule has 94 valence electrons. The van der Waals surface area contributed by atoms with Crippen LogP contribution in [-0.4, -0.2) is 17.6 Å². The minimum Gasteiger partial charge on any atom is -0.465 e. The first-order valence-electron chi connectivity index (χ1n) is 5.92. The normalized spacial score (nSPS) is 10.4. The lowest BCUT2D eigenvalue weighted by Gasteiger charge is -2.07. The number of carbonyl (C=O) groups excluding carboxylic acids is 1. The van der Waals surface area contributed by atoms with Crippen LogP contribution in [0.1, 0.15) is 27.2 Å². The maximum Gasteiger partial charge on any atom is 0.339 e. The van der Waals surface area contributed by atoms with Crippen LogP contribution in [0.5, 0.6) is 0 Å². The third-order valence-electron chi connectivity index (χ3n) is 3.12. The van der Waals surface area contributed by atoms with Crippen LogP contribution in [0.15, 0.2) is 36.5 Å². The van der Waals surface area contributed by atoms with Crippen LogP contribution in [0.25, 0.3) is 0 Å². The van der Waals surface area contributed by atoms with Gasteiger partial charge in [0, 0.05) is 18.4 Å². The van der Waals surface area contributed by atoms with Gasteiger partial charge in [0.05, 0.1) is 12.7 Å². The van der Waals surface area contributed by atoms with Gasteiger partial charge in [-0.15, -0.1) is 0 Å². The van der Waals surface area contributed by atoms with Crippen LogP contribution in [-0.2, 0) is 11.3 Å². The third-order valence-corrected chi connectivity index (χ3v) is 3.12. The fourth-order valence-corrected chi connectivity index (χ4v) is 2.18. The lowest BCUT2D eigenvalue weighted by molar-refractivity contribution is 0.0599. The molecule has 1 aromatic carbocycles. The molecular formula is C15H17NO2. The van der Waals surface area contributed by atoms with Crippen molar-refractivity contribution in [1.82, 2.24) is 4.57 Å². The van der Waals surface area contributed by atoms with Gasteiger partial charge in [0.2, 0.25) is 0 Å². The monoisotopic (exact) mass is 243 g/mol. The number of rotatable bonds is 3. The molecule has 0 spiro atoms. The summed E-state index contributed by atoms with van der Waals surface area (Å²) in [4.78, 5) is 11.7. The van der Waals surface area contributed by atoms with E-state index >= 15 is 0 Å². The molecule has 0 aliphatic carbocycles. The summed E-state index contributed by atoms with van der Waals surface area (Å²) in [6.07, 6.45) is 1.99. The van der Waals surface area contributed by atoms with E-state index in [0.29, 0.717) is 5.56 Å². The Bertz CT molecular complexity index is 555. The highest BCUT2D eigenvalue weighted by Gasteiger charge is 2.17. The zero-order valence-electron chi connectivity index (χ0n) is 10.9. The molecule has 0 N–H and O–H groups in total. The molecule has 1 heterocycles. The van der Waals surface area contributed by atoms with Crippen LogP contribution in [0.2, 0.25) is 0 Å². The van der Waals surface area contributed by atoms with E-state index in [1.54, 1.807) is 0 Å². The lowest BCUT2D eigenvalue weighted by Crippen LogP contribution is -2.06. The second kappa shape index (κ2) is 5.08. The summed E-state index contributed by atoms with van der Waals surface area (Å²) in [5, 5.41) is 0. The molecule has 0 aliphatic heterocycles. The van der Waals surface area contributed by atoms with Crippen molar-refractivity contribution < 1.29 is 9.53 Å². The minimum absolute atomic E-state index is 0.267. The van der Waals surface area contributed by atoms with E-state index < -0.39 is 0 Å². The summed E-state index contributed by atoms with van der Waals surface area (Å²) in [6, 6.07) is 10.2. The Hall–Kier alpha value is -2.03. The summed E-state index contributed by atoms with van der Waals surface area (Å²) >= 11 is 0. The Morgan fingerprint density at radius 3 is 2.50 bits per heavy atom. The Morgan fingerprint density at radius 2 is 1.89 bits per heavy atom. The standard InChI is InChI=1S/C15H17NO2/c1-11-9-16(10-13-7-5-4-6-8-13)12(2)14(11)15(17)18-3/h4-9H,10H2,1-3H3. The highest BCUT2D eigenvalue weighted by Crippen LogP contribution is 2.18. The molecule has 0 radical (unpaired) electrons. The van der Waals surface area contributed by atoms with Crippen molar-refractivity contribution in [3.63, 3.8) is 0 Å². The summed E-state index contributed by atoms with van der Waals surface area (Å²) < 4.78 is 6.89. The highest BCUT2D eigenvalue weighted by molar-refractivity contribution is 5.92. The summed E-state index contributed by atoms with van der Waals surface area (Å²) in [5.74, 6) is -0.267. The Morgan fingerprint density at radius 1 is 1.22 bits per heavy atom. The largest absolute Gasteiger partial charge is 0.465 e. The van der Waals surface area contributed by atoms with Crippen molar-refractivity contribution in [2.24, 2.45) is 0 Å². The molecule has 0 saturated heterocycles. The summed E-state index contributed by atoms with van der Waals surface area (Å²) in [6.45, 7) is 4.65. The zero-order chi connectivity index (χ0) is 13.1. The molecule has 1 aromatic heterocycles. The molecule has 0 unspecified atom stereocenters. The van der Waals surface area contributed by atoms with Gasteiger partial charge in [-0.1, -0.05) is 30.3 Å². The summed E-state index contributed by atoms with van der Waals surface area (Å²) in [5.41, 5.74) is 3.79. The minimum atomic E-state index is -0.267. The van der Waals surface area contributed by atoms with Gasteiger partial charge >= 0.3 is 5.97 Å². The predicted octanol–water partition coefficient (Wildman–Crippen LogP) is 2.94. The van der Waals surface area contributed by atoms with E-state index in [9.17, 15) is 4.79 Å². The van der Waals surface area contributed by atoms with Gasteiger partial charge in [-0.05, 0) is 25.0 Å². The van der Waals surface area contributed by atoms with Crippen molar-refractivity contribution >= 4 is 5.97 Å². The van der Waals surface area contributed by atoms with Gasteiger partial charge in [0.15, 0.2) is 0 Å². The molecule has 0 saturated carbocycles. The van der Waals surface area contributed by atoms with Gasteiger partial charge in [-0.2, -0.15) is 0 Å². The molecule has 0 amide bonds. The number of carbonyl (C=O) groups is 1. The average Bonchev–Trinajstić information content (AvgIpc) is 2.65. The molecular weight excluding hydrogens is 226 g/mol. The van der Waals surface area contributed by atoms with Gasteiger partial charge in [0.1, 0.15) is 0 Å². The van der Waals surface area contributed by atoms with E-state index in [-0.39, 0.29) is 5.97 Å². The number of aryl methyl sites for hydroxylation is 1. The second-order valence-electron chi connectivity index (χ2n) is 4.38. The molecule has 3 heteroatoms. The number of nitrogens with zero attached hydrogens (tertiary/aromatic N) is 1. The van der Waals surface area contributed by atoms with Crippen LogP contribution < -0.4 is 0 Å². The summed E-state index contributed by atoms with van der Waals surface area (Å²) in [7, 11) is 1.41. The first-order valence-corrected chi connectivity index (χ1v) is 5.92. The Labute approximate surface area is 107 Å².